The molecule has 1 heterocycles. The van der Waals surface area contributed by atoms with Gasteiger partial charge in [0, 0.05) is 4.75 Å². The number of nitrogens with two attached hydrogens (primary N) is 1. The van der Waals surface area contributed by atoms with Gasteiger partial charge in [-0.05, 0) is 49.2 Å². The number of benzene rings is 2. The summed E-state index contributed by atoms with van der Waals surface area (Å²) in [5.74, 6) is -4.32. The lowest BCUT2D eigenvalue weighted by Crippen LogP contribution is -2.56. The van der Waals surface area contributed by atoms with Crippen molar-refractivity contribution in [2.24, 2.45) is 5.73 Å². The summed E-state index contributed by atoms with van der Waals surface area (Å²) >= 11 is 1.06. The van der Waals surface area contributed by atoms with Crippen LogP contribution in [-0.2, 0) is 19.2 Å². The molecule has 5 unspecified atom stereocenters. The minimum absolute atomic E-state index is 0.0240. The molecule has 0 radical (unpaired) electrons. The summed E-state index contributed by atoms with van der Waals surface area (Å²) in [4.78, 5) is 50.0. The number of carboxylic acid groups (broad SMARTS) is 2. The average molecular weight is 533 g/mol. The molecule has 5 atom stereocenters. The van der Waals surface area contributed by atoms with Crippen LogP contribution in [0.25, 0.3) is 0 Å². The van der Waals surface area contributed by atoms with Crippen molar-refractivity contribution in [3.8, 4) is 11.5 Å². The van der Waals surface area contributed by atoms with Crippen molar-refractivity contribution < 1.29 is 39.6 Å². The largest absolute Gasteiger partial charge is 0.508 e. The summed E-state index contributed by atoms with van der Waals surface area (Å²) in [6.07, 6.45) is 0. The number of carboxylic acids is 2. The molecule has 13 heteroatoms. The topological polar surface area (TPSA) is 211 Å². The molecule has 1 aliphatic heterocycles. The third kappa shape index (κ3) is 6.50. The molecule has 0 aliphatic carbocycles. The zero-order chi connectivity index (χ0) is 27.5. The molecule has 1 aliphatic rings. The van der Waals surface area contributed by atoms with Gasteiger partial charge in [-0.2, -0.15) is 0 Å². The van der Waals surface area contributed by atoms with Gasteiger partial charge in [0.1, 0.15) is 29.6 Å². The second kappa shape index (κ2) is 11.1. The van der Waals surface area contributed by atoms with Crippen LogP contribution >= 0.6 is 11.8 Å². The summed E-state index contributed by atoms with van der Waals surface area (Å²) in [6, 6.07) is 5.74. The molecule has 0 bridgehead atoms. The van der Waals surface area contributed by atoms with Crippen LogP contribution < -0.4 is 21.7 Å². The number of hydrogen-bond acceptors (Lipinski definition) is 9. The molecule has 3 rings (SSSR count). The zero-order valence-electron chi connectivity index (χ0n) is 19.9. The van der Waals surface area contributed by atoms with Crippen molar-refractivity contribution in [3.63, 3.8) is 0 Å². The fourth-order valence-corrected chi connectivity index (χ4v) is 5.35. The lowest BCUT2D eigenvalue weighted by molar-refractivity contribution is -0.143. The molecule has 1 fully saturated rings. The van der Waals surface area contributed by atoms with E-state index in [0.29, 0.717) is 5.56 Å². The van der Waals surface area contributed by atoms with E-state index in [1.54, 1.807) is 13.8 Å². The van der Waals surface area contributed by atoms with Crippen LogP contribution in [-0.4, -0.2) is 66.4 Å². The summed E-state index contributed by atoms with van der Waals surface area (Å²) in [5, 5.41) is 45.1. The second-order valence-corrected chi connectivity index (χ2v) is 10.8. The van der Waals surface area contributed by atoms with E-state index in [4.69, 9.17) is 5.73 Å². The third-order valence-corrected chi connectivity index (χ3v) is 7.39. The van der Waals surface area contributed by atoms with Gasteiger partial charge in [0.2, 0.25) is 11.8 Å². The van der Waals surface area contributed by atoms with E-state index < -0.39 is 58.0 Å². The first-order chi connectivity index (χ1) is 17.3. The number of aliphatic carboxylic acids is 2. The summed E-state index contributed by atoms with van der Waals surface area (Å²) in [5.41, 5.74) is 6.63. The van der Waals surface area contributed by atoms with E-state index >= 15 is 0 Å². The normalized spacial score (nSPS) is 20.8. The number of phenols is 2. The Labute approximate surface area is 216 Å². The minimum Gasteiger partial charge on any atom is -0.508 e. The van der Waals surface area contributed by atoms with Crippen LogP contribution in [0.1, 0.15) is 37.1 Å². The van der Waals surface area contributed by atoms with Crippen LogP contribution in [0, 0.1) is 0 Å². The maximum absolute atomic E-state index is 13.3. The highest BCUT2D eigenvalue weighted by Gasteiger charge is 2.49. The standard InChI is InChI=1S/C24H28N4O8S/c1-24(2)18(23(35)36)28-21(37-24)17(22(33)34)27-20(32)16(12-5-9-14(30)10-6-12)26-19(31)15(25)11-3-7-13(29)8-4-11/h3-10,15-18,21,28-30H,25H2,1-2H3,(H,26,31)(H,27,32)(H,33,34)(H,35,36). The molecule has 2 amide bonds. The molecule has 9 N–H and O–H groups in total. The lowest BCUT2D eigenvalue weighted by atomic mass is 10.0. The molecule has 0 aromatic heterocycles. The summed E-state index contributed by atoms with van der Waals surface area (Å²) in [6.45, 7) is 3.29. The maximum atomic E-state index is 13.3. The van der Waals surface area contributed by atoms with Crippen molar-refractivity contribution in [2.45, 2.75) is 48.1 Å². The Bertz CT molecular complexity index is 1170. The molecular formula is C24H28N4O8S. The summed E-state index contributed by atoms with van der Waals surface area (Å²) < 4.78 is -0.865. The van der Waals surface area contributed by atoms with E-state index in [9.17, 15) is 39.6 Å². The molecule has 0 spiro atoms. The van der Waals surface area contributed by atoms with Crippen molar-refractivity contribution >= 4 is 35.5 Å². The van der Waals surface area contributed by atoms with Gasteiger partial charge in [0.05, 0.1) is 5.37 Å². The molecular weight excluding hydrogens is 504 g/mol. The Kier molecular flexibility index (Phi) is 8.31. The predicted molar refractivity (Wildman–Crippen MR) is 134 cm³/mol. The van der Waals surface area contributed by atoms with Gasteiger partial charge in [-0.1, -0.05) is 24.3 Å². The highest BCUT2D eigenvalue weighted by molar-refractivity contribution is 8.01. The zero-order valence-corrected chi connectivity index (χ0v) is 20.7. The van der Waals surface area contributed by atoms with Crippen LogP contribution in [0.15, 0.2) is 48.5 Å². The number of nitrogens with one attached hydrogen (secondary N) is 3. The Morgan fingerprint density at radius 2 is 1.41 bits per heavy atom. The van der Waals surface area contributed by atoms with Crippen LogP contribution in [0.5, 0.6) is 11.5 Å². The quantitative estimate of drug-likeness (QED) is 0.222. The SMILES string of the molecule is CC1(C)SC(C(NC(=O)C(NC(=O)C(N)c2ccc(O)cc2)c2ccc(O)cc2)C(=O)O)NC1C(=O)O. The van der Waals surface area contributed by atoms with Gasteiger partial charge in [-0.3, -0.25) is 19.7 Å². The van der Waals surface area contributed by atoms with Crippen LogP contribution in [0.3, 0.4) is 0 Å². The number of carbonyl (C=O) groups excluding carboxylic acids is 2. The number of thioether (sulfide) groups is 1. The number of amides is 2. The number of hydrogen-bond donors (Lipinski definition) is 8. The second-order valence-electron chi connectivity index (χ2n) is 9.01. The Balaban J connectivity index is 1.85. The van der Waals surface area contributed by atoms with E-state index in [1.807, 2.05) is 0 Å². The molecule has 37 heavy (non-hydrogen) atoms. The van der Waals surface area contributed by atoms with Crippen molar-refractivity contribution in [3.05, 3.63) is 59.7 Å². The fraction of sp³-hybridized carbons (Fsp3) is 0.333. The Morgan fingerprint density at radius 3 is 1.86 bits per heavy atom. The van der Waals surface area contributed by atoms with Gasteiger partial charge < -0.3 is 36.8 Å². The van der Waals surface area contributed by atoms with Gasteiger partial charge in [0.25, 0.3) is 0 Å². The maximum Gasteiger partial charge on any atom is 0.328 e. The van der Waals surface area contributed by atoms with E-state index in [0.717, 1.165) is 11.8 Å². The van der Waals surface area contributed by atoms with Crippen LogP contribution in [0.4, 0.5) is 0 Å². The lowest BCUT2D eigenvalue weighted by Gasteiger charge is -2.26. The molecule has 2 aromatic rings. The molecule has 198 valence electrons. The van der Waals surface area contributed by atoms with E-state index in [-0.39, 0.29) is 17.1 Å². The Hall–Kier alpha value is -3.81. The molecule has 2 aromatic carbocycles. The first-order valence-electron chi connectivity index (χ1n) is 11.1. The number of rotatable bonds is 9. The molecule has 12 nitrogen and oxygen atoms in total. The predicted octanol–water partition coefficient (Wildman–Crippen LogP) is 0.419. The number of phenolic OH excluding ortho intramolecular Hbond substituents is 2. The van der Waals surface area contributed by atoms with E-state index in [2.05, 4.69) is 16.0 Å². The number of carbonyl (C=O) groups is 4. The van der Waals surface area contributed by atoms with Gasteiger partial charge in [0.15, 0.2) is 6.04 Å². The van der Waals surface area contributed by atoms with Crippen molar-refractivity contribution in [2.75, 3.05) is 0 Å². The smallest absolute Gasteiger partial charge is 0.328 e. The van der Waals surface area contributed by atoms with Crippen LogP contribution in [0.2, 0.25) is 0 Å². The van der Waals surface area contributed by atoms with Gasteiger partial charge in [-0.25, -0.2) is 4.79 Å². The van der Waals surface area contributed by atoms with Gasteiger partial charge >= 0.3 is 11.9 Å². The molecule has 1 saturated heterocycles. The monoisotopic (exact) mass is 532 g/mol. The first-order valence-corrected chi connectivity index (χ1v) is 12.0. The van der Waals surface area contributed by atoms with Gasteiger partial charge in [-0.15, -0.1) is 11.8 Å². The highest BCUT2D eigenvalue weighted by Crippen LogP contribution is 2.39. The highest BCUT2D eigenvalue weighted by atomic mass is 32.2. The summed E-state index contributed by atoms with van der Waals surface area (Å²) in [7, 11) is 0. The van der Waals surface area contributed by atoms with E-state index in [1.165, 1.54) is 48.5 Å². The third-order valence-electron chi connectivity index (χ3n) is 5.88. The Morgan fingerprint density at radius 1 is 0.892 bits per heavy atom. The number of aromatic hydroxyl groups is 2. The fourth-order valence-electron chi connectivity index (χ4n) is 3.86. The van der Waals surface area contributed by atoms with Crippen molar-refractivity contribution in [1.29, 1.82) is 0 Å². The van der Waals surface area contributed by atoms with Crippen molar-refractivity contribution in [1.82, 2.24) is 16.0 Å². The minimum atomic E-state index is -1.54. The average Bonchev–Trinajstić information content (AvgIpc) is 3.16. The first kappa shape index (κ1) is 27.8. The molecule has 0 saturated carbocycles.